The van der Waals surface area contributed by atoms with Crippen molar-refractivity contribution in [2.75, 3.05) is 24.5 Å². The lowest BCUT2D eigenvalue weighted by Gasteiger charge is -2.33. The van der Waals surface area contributed by atoms with Crippen LogP contribution in [0.15, 0.2) is 83.8 Å². The lowest BCUT2D eigenvalue weighted by Crippen LogP contribution is -2.52. The number of nitrogens with zero attached hydrogens (tertiary/aromatic N) is 2. The van der Waals surface area contributed by atoms with E-state index in [0.717, 1.165) is 21.9 Å². The molecule has 0 radical (unpaired) electrons. The van der Waals surface area contributed by atoms with Crippen molar-refractivity contribution in [2.24, 2.45) is 0 Å². The number of rotatable bonds is 13. The van der Waals surface area contributed by atoms with Crippen molar-refractivity contribution >= 4 is 27.5 Å². The third-order valence-corrected chi connectivity index (χ3v) is 8.15. The molecule has 0 saturated carbocycles. The maximum Gasteiger partial charge on any atom is 0.264 e. The number of hydrogen-bond acceptors (Lipinski definition) is 5. The number of carbonyl (C=O) groups excluding carboxylic acids is 2. The van der Waals surface area contributed by atoms with E-state index in [0.29, 0.717) is 18.7 Å². The molecular weight excluding hydrogens is 514 g/mol. The Labute approximate surface area is 231 Å². The SMILES string of the molecule is CCCNC(=O)C(CC)N(Cc1ccccc1)C(=O)CN(c1cccc(OC)c1)S(=O)(=O)c1ccc(C)cc1. The van der Waals surface area contributed by atoms with Gasteiger partial charge in [0.05, 0.1) is 17.7 Å². The van der Waals surface area contributed by atoms with Gasteiger partial charge in [0, 0.05) is 19.2 Å². The summed E-state index contributed by atoms with van der Waals surface area (Å²) in [5, 5.41) is 2.88. The number of benzene rings is 3. The van der Waals surface area contributed by atoms with E-state index in [1.165, 1.54) is 24.1 Å². The van der Waals surface area contributed by atoms with Gasteiger partial charge in [-0.15, -0.1) is 0 Å². The van der Waals surface area contributed by atoms with E-state index in [-0.39, 0.29) is 23.0 Å². The summed E-state index contributed by atoms with van der Waals surface area (Å²) < 4.78 is 34.2. The monoisotopic (exact) mass is 551 g/mol. The van der Waals surface area contributed by atoms with E-state index in [1.807, 2.05) is 51.1 Å². The third-order valence-electron chi connectivity index (χ3n) is 6.36. The molecule has 0 aliphatic rings. The molecule has 0 aromatic heterocycles. The minimum atomic E-state index is -4.13. The normalized spacial score (nSPS) is 11.9. The second-order valence-electron chi connectivity index (χ2n) is 9.25. The average Bonchev–Trinajstić information content (AvgIpc) is 2.95. The van der Waals surface area contributed by atoms with Crippen LogP contribution in [-0.2, 0) is 26.2 Å². The summed E-state index contributed by atoms with van der Waals surface area (Å²) in [6.07, 6.45) is 1.13. The molecule has 1 unspecified atom stereocenters. The van der Waals surface area contributed by atoms with Gasteiger partial charge in [0.1, 0.15) is 18.3 Å². The van der Waals surface area contributed by atoms with Crippen LogP contribution < -0.4 is 14.4 Å². The third kappa shape index (κ3) is 7.60. The summed E-state index contributed by atoms with van der Waals surface area (Å²) >= 11 is 0. The molecule has 3 aromatic carbocycles. The molecule has 1 N–H and O–H groups in total. The number of hydrogen-bond donors (Lipinski definition) is 1. The summed E-state index contributed by atoms with van der Waals surface area (Å²) in [5.74, 6) is -0.301. The van der Waals surface area contributed by atoms with E-state index >= 15 is 0 Å². The van der Waals surface area contributed by atoms with E-state index in [1.54, 1.807) is 36.4 Å². The fraction of sp³-hybridized carbons (Fsp3) is 0.333. The number of nitrogens with one attached hydrogen (secondary N) is 1. The van der Waals surface area contributed by atoms with Crippen LogP contribution in [-0.4, -0.2) is 51.4 Å². The summed E-state index contributed by atoms with van der Waals surface area (Å²) in [6.45, 7) is 5.82. The Morgan fingerprint density at radius 1 is 0.949 bits per heavy atom. The predicted octanol–water partition coefficient (Wildman–Crippen LogP) is 4.53. The van der Waals surface area contributed by atoms with Crippen LogP contribution in [0.5, 0.6) is 5.75 Å². The molecular formula is C30H37N3O5S. The van der Waals surface area contributed by atoms with Crippen LogP contribution in [0, 0.1) is 6.92 Å². The molecule has 0 bridgehead atoms. The predicted molar refractivity (Wildman–Crippen MR) is 153 cm³/mol. The Balaban J connectivity index is 2.05. The van der Waals surface area contributed by atoms with Crippen LogP contribution in [0.25, 0.3) is 0 Å². The first kappa shape index (κ1) is 29.7. The highest BCUT2D eigenvalue weighted by Gasteiger charge is 2.33. The quantitative estimate of drug-likeness (QED) is 0.337. The van der Waals surface area contributed by atoms with Crippen molar-refractivity contribution < 1.29 is 22.7 Å². The smallest absolute Gasteiger partial charge is 0.264 e. The summed E-state index contributed by atoms with van der Waals surface area (Å²) in [4.78, 5) is 28.6. The van der Waals surface area contributed by atoms with E-state index in [2.05, 4.69) is 5.32 Å². The number of methoxy groups -OCH3 is 1. The molecule has 2 amide bonds. The maximum atomic E-state index is 14.0. The van der Waals surface area contributed by atoms with Crippen molar-refractivity contribution in [3.05, 3.63) is 90.0 Å². The number of amides is 2. The fourth-order valence-electron chi connectivity index (χ4n) is 4.20. The highest BCUT2D eigenvalue weighted by molar-refractivity contribution is 7.92. The summed E-state index contributed by atoms with van der Waals surface area (Å²) in [7, 11) is -2.64. The van der Waals surface area contributed by atoms with Crippen LogP contribution in [0.4, 0.5) is 5.69 Å². The van der Waals surface area contributed by atoms with Crippen LogP contribution in [0.3, 0.4) is 0 Å². The molecule has 1 atom stereocenters. The number of carbonyl (C=O) groups is 2. The second-order valence-corrected chi connectivity index (χ2v) is 11.1. The highest BCUT2D eigenvalue weighted by atomic mass is 32.2. The van der Waals surface area contributed by atoms with Gasteiger partial charge < -0.3 is 15.0 Å². The molecule has 208 valence electrons. The van der Waals surface area contributed by atoms with Crippen molar-refractivity contribution in [1.29, 1.82) is 0 Å². The standard InChI is InChI=1S/C30H37N3O5S/c1-5-19-31-30(35)28(6-2)32(21-24-11-8-7-9-12-24)29(34)22-33(25-13-10-14-26(20-25)38-4)39(36,37)27-17-15-23(3)16-18-27/h7-18,20,28H,5-6,19,21-22H2,1-4H3,(H,31,35). The molecule has 9 heteroatoms. The Kier molecular flexibility index (Phi) is 10.5. The molecule has 39 heavy (non-hydrogen) atoms. The lowest BCUT2D eigenvalue weighted by atomic mass is 10.1. The number of aryl methyl sites for hydroxylation is 1. The molecule has 8 nitrogen and oxygen atoms in total. The van der Waals surface area contributed by atoms with Gasteiger partial charge in [-0.2, -0.15) is 0 Å². The van der Waals surface area contributed by atoms with Gasteiger partial charge in [-0.1, -0.05) is 67.9 Å². The van der Waals surface area contributed by atoms with Crippen molar-refractivity contribution in [1.82, 2.24) is 10.2 Å². The zero-order valence-corrected chi connectivity index (χ0v) is 23.8. The van der Waals surface area contributed by atoms with Crippen LogP contribution in [0.2, 0.25) is 0 Å². The average molecular weight is 552 g/mol. The lowest BCUT2D eigenvalue weighted by molar-refractivity contribution is -0.140. The zero-order chi connectivity index (χ0) is 28.4. The second kappa shape index (κ2) is 13.8. The summed E-state index contributed by atoms with van der Waals surface area (Å²) in [5.41, 5.74) is 2.03. The van der Waals surface area contributed by atoms with E-state index < -0.39 is 28.5 Å². The topological polar surface area (TPSA) is 96.0 Å². The van der Waals surface area contributed by atoms with E-state index in [9.17, 15) is 18.0 Å². The molecule has 0 saturated heterocycles. The minimum absolute atomic E-state index is 0.0612. The molecule has 0 aliphatic heterocycles. The fourth-order valence-corrected chi connectivity index (χ4v) is 5.60. The molecule has 0 heterocycles. The van der Waals surface area contributed by atoms with Gasteiger partial charge in [0.15, 0.2) is 0 Å². The van der Waals surface area contributed by atoms with E-state index in [4.69, 9.17) is 4.74 Å². The van der Waals surface area contributed by atoms with Gasteiger partial charge in [-0.3, -0.25) is 13.9 Å². The van der Waals surface area contributed by atoms with Gasteiger partial charge in [0.2, 0.25) is 11.8 Å². The van der Waals surface area contributed by atoms with Crippen LogP contribution >= 0.6 is 0 Å². The van der Waals surface area contributed by atoms with Gasteiger partial charge >= 0.3 is 0 Å². The first-order chi connectivity index (χ1) is 18.7. The molecule has 3 aromatic rings. The van der Waals surface area contributed by atoms with Gasteiger partial charge in [0.25, 0.3) is 10.0 Å². The zero-order valence-electron chi connectivity index (χ0n) is 23.0. The Bertz CT molecular complexity index is 1340. The Morgan fingerprint density at radius 3 is 2.26 bits per heavy atom. The van der Waals surface area contributed by atoms with Gasteiger partial charge in [-0.05, 0) is 49.6 Å². The molecule has 0 fully saturated rings. The Morgan fingerprint density at radius 2 is 1.64 bits per heavy atom. The van der Waals surface area contributed by atoms with Crippen molar-refractivity contribution in [2.45, 2.75) is 51.1 Å². The molecule has 0 aliphatic carbocycles. The van der Waals surface area contributed by atoms with Crippen LogP contribution in [0.1, 0.15) is 37.8 Å². The first-order valence-corrected chi connectivity index (χ1v) is 14.5. The highest BCUT2D eigenvalue weighted by Crippen LogP contribution is 2.28. The summed E-state index contributed by atoms with van der Waals surface area (Å²) in [6, 6.07) is 21.6. The van der Waals surface area contributed by atoms with Gasteiger partial charge in [-0.25, -0.2) is 8.42 Å². The largest absolute Gasteiger partial charge is 0.497 e. The first-order valence-electron chi connectivity index (χ1n) is 13.1. The number of anilines is 1. The number of ether oxygens (including phenoxy) is 1. The van der Waals surface area contributed by atoms with Crippen molar-refractivity contribution in [3.63, 3.8) is 0 Å². The maximum absolute atomic E-state index is 14.0. The minimum Gasteiger partial charge on any atom is -0.497 e. The number of sulfonamides is 1. The Hall–Kier alpha value is -3.85. The van der Waals surface area contributed by atoms with Crippen molar-refractivity contribution in [3.8, 4) is 5.75 Å². The molecule has 0 spiro atoms. The molecule has 3 rings (SSSR count).